The fourth-order valence-electron chi connectivity index (χ4n) is 1.58. The molecule has 1 atom stereocenters. The summed E-state index contributed by atoms with van der Waals surface area (Å²) in [6.45, 7) is 2.71. The molecule has 86 valence electrons. The lowest BCUT2D eigenvalue weighted by Crippen LogP contribution is -2.56. The molecule has 0 aromatic carbocycles. The number of imide groups is 1. The van der Waals surface area contributed by atoms with E-state index < -0.39 is 0 Å². The largest absolute Gasteiger partial charge is 0.294 e. The molecule has 0 bridgehead atoms. The molecule has 16 heavy (non-hydrogen) atoms. The topological polar surface area (TPSA) is 49.4 Å². The molecule has 1 N–H and O–H groups in total. The quantitative estimate of drug-likeness (QED) is 0.839. The summed E-state index contributed by atoms with van der Waals surface area (Å²) in [6.07, 6.45) is 0. The summed E-state index contributed by atoms with van der Waals surface area (Å²) >= 11 is 5.06. The van der Waals surface area contributed by atoms with Crippen molar-refractivity contribution in [2.45, 2.75) is 19.5 Å². The molecule has 1 unspecified atom stereocenters. The highest BCUT2D eigenvalue weighted by molar-refractivity contribution is 9.10. The van der Waals surface area contributed by atoms with Gasteiger partial charge in [0, 0.05) is 15.9 Å². The molecule has 1 fully saturated rings. The number of carbonyl (C=O) groups is 2. The number of piperazine rings is 1. The van der Waals surface area contributed by atoms with E-state index in [0.717, 1.165) is 9.35 Å². The highest BCUT2D eigenvalue weighted by atomic mass is 79.9. The van der Waals surface area contributed by atoms with E-state index in [1.807, 2.05) is 23.3 Å². The van der Waals surface area contributed by atoms with Gasteiger partial charge in [-0.05, 0) is 34.3 Å². The Bertz CT molecular complexity index is 432. The molecule has 0 spiro atoms. The van der Waals surface area contributed by atoms with E-state index in [1.165, 1.54) is 0 Å². The van der Waals surface area contributed by atoms with E-state index in [2.05, 4.69) is 21.2 Å². The lowest BCUT2D eigenvalue weighted by Gasteiger charge is -2.31. The SMILES string of the molecule is CC1C(=O)NC(=O)CN1Cc1sccc1Br. The van der Waals surface area contributed by atoms with Crippen molar-refractivity contribution in [3.63, 3.8) is 0 Å². The molecule has 0 radical (unpaired) electrons. The number of nitrogens with zero attached hydrogens (tertiary/aromatic N) is 1. The standard InChI is InChI=1S/C10H11BrN2O2S/c1-6-10(15)12-9(14)5-13(6)4-8-7(11)2-3-16-8/h2-3,6H,4-5H2,1H3,(H,12,14,15). The van der Waals surface area contributed by atoms with Crippen LogP contribution in [0, 0.1) is 0 Å². The Morgan fingerprint density at radius 3 is 3.00 bits per heavy atom. The van der Waals surface area contributed by atoms with Gasteiger partial charge in [-0.25, -0.2) is 0 Å². The van der Waals surface area contributed by atoms with Crippen molar-refractivity contribution in [2.24, 2.45) is 0 Å². The van der Waals surface area contributed by atoms with Crippen LogP contribution in [0.1, 0.15) is 11.8 Å². The predicted molar refractivity (Wildman–Crippen MR) is 65.0 cm³/mol. The first-order chi connectivity index (χ1) is 7.58. The van der Waals surface area contributed by atoms with E-state index >= 15 is 0 Å². The van der Waals surface area contributed by atoms with E-state index in [9.17, 15) is 9.59 Å². The molecular weight excluding hydrogens is 292 g/mol. The zero-order valence-electron chi connectivity index (χ0n) is 8.70. The first-order valence-electron chi connectivity index (χ1n) is 4.87. The number of thiophene rings is 1. The van der Waals surface area contributed by atoms with Crippen molar-refractivity contribution in [1.82, 2.24) is 10.2 Å². The Balaban J connectivity index is 2.12. The molecule has 2 rings (SSSR count). The van der Waals surface area contributed by atoms with Crippen LogP contribution < -0.4 is 5.32 Å². The van der Waals surface area contributed by atoms with E-state index in [1.54, 1.807) is 11.3 Å². The van der Waals surface area contributed by atoms with Crippen molar-refractivity contribution in [3.8, 4) is 0 Å². The fraction of sp³-hybridized carbons (Fsp3) is 0.400. The summed E-state index contributed by atoms with van der Waals surface area (Å²) in [6, 6.07) is 1.71. The van der Waals surface area contributed by atoms with Gasteiger partial charge in [-0.2, -0.15) is 0 Å². The third-order valence-electron chi connectivity index (χ3n) is 2.57. The molecule has 2 amide bonds. The molecule has 2 heterocycles. The van der Waals surface area contributed by atoms with Crippen LogP contribution in [0.15, 0.2) is 15.9 Å². The average Bonchev–Trinajstić information content (AvgIpc) is 2.60. The van der Waals surface area contributed by atoms with Gasteiger partial charge in [0.1, 0.15) is 0 Å². The third-order valence-corrected chi connectivity index (χ3v) is 4.49. The van der Waals surface area contributed by atoms with Crippen LogP contribution in [0.4, 0.5) is 0 Å². The maximum Gasteiger partial charge on any atom is 0.243 e. The number of carbonyl (C=O) groups excluding carboxylic acids is 2. The van der Waals surface area contributed by atoms with Gasteiger partial charge < -0.3 is 0 Å². The van der Waals surface area contributed by atoms with Gasteiger partial charge >= 0.3 is 0 Å². The number of rotatable bonds is 2. The maximum atomic E-state index is 11.4. The highest BCUT2D eigenvalue weighted by Crippen LogP contribution is 2.25. The third kappa shape index (κ3) is 2.34. The van der Waals surface area contributed by atoms with E-state index in [4.69, 9.17) is 0 Å². The number of halogens is 1. The van der Waals surface area contributed by atoms with Gasteiger partial charge in [0.05, 0.1) is 12.6 Å². The van der Waals surface area contributed by atoms with Gasteiger partial charge in [0.15, 0.2) is 0 Å². The van der Waals surface area contributed by atoms with Crippen LogP contribution in [0.25, 0.3) is 0 Å². The smallest absolute Gasteiger partial charge is 0.243 e. The minimum absolute atomic E-state index is 0.219. The molecule has 1 aliphatic heterocycles. The molecule has 0 aliphatic carbocycles. The number of nitrogens with one attached hydrogen (secondary N) is 1. The Kier molecular flexibility index (Phi) is 3.41. The first kappa shape index (κ1) is 11.8. The predicted octanol–water partition coefficient (Wildman–Crippen LogP) is 1.36. The van der Waals surface area contributed by atoms with Crippen molar-refractivity contribution < 1.29 is 9.59 Å². The van der Waals surface area contributed by atoms with Crippen LogP contribution in [0.5, 0.6) is 0 Å². The minimum atomic E-state index is -0.258. The van der Waals surface area contributed by atoms with Gasteiger partial charge in [-0.3, -0.25) is 19.8 Å². The van der Waals surface area contributed by atoms with Crippen LogP contribution in [-0.2, 0) is 16.1 Å². The normalized spacial score (nSPS) is 22.2. The summed E-state index contributed by atoms with van der Waals surface area (Å²) in [7, 11) is 0. The van der Waals surface area contributed by atoms with Crippen molar-refractivity contribution in [2.75, 3.05) is 6.54 Å². The zero-order valence-corrected chi connectivity index (χ0v) is 11.1. The number of amides is 2. The highest BCUT2D eigenvalue weighted by Gasteiger charge is 2.30. The Hall–Kier alpha value is -0.720. The summed E-state index contributed by atoms with van der Waals surface area (Å²) in [4.78, 5) is 25.7. The molecule has 1 saturated heterocycles. The molecule has 1 aromatic heterocycles. The van der Waals surface area contributed by atoms with Crippen LogP contribution in [0.2, 0.25) is 0 Å². The Morgan fingerprint density at radius 2 is 2.38 bits per heavy atom. The lowest BCUT2D eigenvalue weighted by atomic mass is 10.2. The van der Waals surface area contributed by atoms with Gasteiger partial charge in [0.25, 0.3) is 0 Å². The second kappa shape index (κ2) is 4.65. The second-order valence-electron chi connectivity index (χ2n) is 3.69. The van der Waals surface area contributed by atoms with Crippen molar-refractivity contribution in [1.29, 1.82) is 0 Å². The van der Waals surface area contributed by atoms with E-state index in [-0.39, 0.29) is 24.4 Å². The monoisotopic (exact) mass is 302 g/mol. The lowest BCUT2D eigenvalue weighted by molar-refractivity contribution is -0.139. The van der Waals surface area contributed by atoms with Crippen molar-refractivity contribution in [3.05, 3.63) is 20.8 Å². The Labute approximate surface area is 106 Å². The molecule has 1 aromatic rings. The summed E-state index contributed by atoms with van der Waals surface area (Å²) in [5.74, 6) is -0.445. The van der Waals surface area contributed by atoms with Crippen LogP contribution >= 0.6 is 27.3 Å². The minimum Gasteiger partial charge on any atom is -0.294 e. The van der Waals surface area contributed by atoms with Crippen molar-refractivity contribution >= 4 is 39.1 Å². The number of hydrogen-bond acceptors (Lipinski definition) is 4. The maximum absolute atomic E-state index is 11.4. The van der Waals surface area contributed by atoms with Gasteiger partial charge in [-0.15, -0.1) is 11.3 Å². The average molecular weight is 303 g/mol. The summed E-state index contributed by atoms with van der Waals surface area (Å²) < 4.78 is 1.03. The molecule has 4 nitrogen and oxygen atoms in total. The van der Waals surface area contributed by atoms with Crippen LogP contribution in [0.3, 0.4) is 0 Å². The van der Waals surface area contributed by atoms with E-state index in [0.29, 0.717) is 6.54 Å². The zero-order chi connectivity index (χ0) is 11.7. The Morgan fingerprint density at radius 1 is 1.62 bits per heavy atom. The molecule has 0 saturated carbocycles. The second-order valence-corrected chi connectivity index (χ2v) is 5.54. The summed E-state index contributed by atoms with van der Waals surface area (Å²) in [5.41, 5.74) is 0. The molecule has 6 heteroatoms. The summed E-state index contributed by atoms with van der Waals surface area (Å²) in [5, 5.41) is 4.31. The first-order valence-corrected chi connectivity index (χ1v) is 6.55. The van der Waals surface area contributed by atoms with Crippen LogP contribution in [-0.4, -0.2) is 29.3 Å². The van der Waals surface area contributed by atoms with Gasteiger partial charge in [-0.1, -0.05) is 0 Å². The number of hydrogen-bond donors (Lipinski definition) is 1. The molecular formula is C10H11BrN2O2S. The van der Waals surface area contributed by atoms with Gasteiger partial charge in [0.2, 0.25) is 11.8 Å². The molecule has 1 aliphatic rings. The fourth-order valence-corrected chi connectivity index (χ4v) is 3.09.